The molecule has 2 rings (SSSR count). The summed E-state index contributed by atoms with van der Waals surface area (Å²) in [7, 11) is 0. The second kappa shape index (κ2) is 6.17. The van der Waals surface area contributed by atoms with Crippen LogP contribution in [0, 0.1) is 13.8 Å². The summed E-state index contributed by atoms with van der Waals surface area (Å²) in [6, 6.07) is 4.81. The third-order valence-corrected chi connectivity index (χ3v) is 4.75. The fraction of sp³-hybridized carbons (Fsp3) is 0.143. The lowest BCUT2D eigenvalue weighted by Crippen LogP contribution is -2.13. The molecule has 0 atom stereocenters. The minimum absolute atomic E-state index is 0.131. The lowest BCUT2D eigenvalue weighted by atomic mass is 10.1. The molecule has 0 saturated carbocycles. The van der Waals surface area contributed by atoms with Crippen LogP contribution in [-0.2, 0) is 0 Å². The predicted molar refractivity (Wildman–Crippen MR) is 87.9 cm³/mol. The number of carboxylic acids is 1. The highest BCUT2D eigenvalue weighted by atomic mass is 79.9. The Morgan fingerprint density at radius 3 is 2.52 bits per heavy atom. The maximum absolute atomic E-state index is 12.2. The van der Waals surface area contributed by atoms with E-state index < -0.39 is 11.9 Å². The lowest BCUT2D eigenvalue weighted by molar-refractivity contribution is 0.0697. The number of benzene rings is 1. The summed E-state index contributed by atoms with van der Waals surface area (Å²) < 4.78 is 0.678. The fourth-order valence-corrected chi connectivity index (χ4v) is 3.74. The van der Waals surface area contributed by atoms with Crippen molar-refractivity contribution < 1.29 is 14.7 Å². The van der Waals surface area contributed by atoms with E-state index in [1.54, 1.807) is 19.1 Å². The molecule has 2 aromatic rings. The number of carbonyl (C=O) groups excluding carboxylic acids is 1. The molecule has 0 aliphatic carbocycles. The van der Waals surface area contributed by atoms with Crippen molar-refractivity contribution in [2.24, 2.45) is 0 Å². The molecule has 0 spiro atoms. The van der Waals surface area contributed by atoms with E-state index in [-0.39, 0.29) is 5.56 Å². The number of rotatable bonds is 3. The lowest BCUT2D eigenvalue weighted by Gasteiger charge is -2.06. The molecular weight excluding hydrogens is 378 g/mol. The SMILES string of the molecule is Cc1sc(NC(=O)c2cc(Cl)cc(Br)c2)c(C(=O)O)c1C. The number of halogens is 2. The average Bonchev–Trinajstić information content (AvgIpc) is 2.63. The largest absolute Gasteiger partial charge is 0.478 e. The average molecular weight is 389 g/mol. The first-order valence-electron chi connectivity index (χ1n) is 5.90. The van der Waals surface area contributed by atoms with Crippen LogP contribution >= 0.6 is 38.9 Å². The third-order valence-electron chi connectivity index (χ3n) is 2.95. The molecule has 0 radical (unpaired) electrons. The highest BCUT2D eigenvalue weighted by molar-refractivity contribution is 9.10. The molecule has 1 aromatic carbocycles. The van der Waals surface area contributed by atoms with Crippen LogP contribution in [0.15, 0.2) is 22.7 Å². The molecule has 0 aliphatic heterocycles. The van der Waals surface area contributed by atoms with Gasteiger partial charge in [-0.1, -0.05) is 27.5 Å². The maximum Gasteiger partial charge on any atom is 0.338 e. The van der Waals surface area contributed by atoms with Crippen molar-refractivity contribution in [3.63, 3.8) is 0 Å². The van der Waals surface area contributed by atoms with Crippen molar-refractivity contribution in [1.82, 2.24) is 0 Å². The summed E-state index contributed by atoms with van der Waals surface area (Å²) >= 11 is 10.4. The van der Waals surface area contributed by atoms with Crippen molar-refractivity contribution in [3.8, 4) is 0 Å². The van der Waals surface area contributed by atoms with Crippen molar-refractivity contribution in [1.29, 1.82) is 0 Å². The Kier molecular flexibility index (Phi) is 4.70. The smallest absolute Gasteiger partial charge is 0.338 e. The number of amides is 1. The Labute approximate surface area is 138 Å². The Balaban J connectivity index is 2.36. The van der Waals surface area contributed by atoms with Gasteiger partial charge in [0.05, 0.1) is 5.56 Å². The minimum Gasteiger partial charge on any atom is -0.478 e. The molecule has 4 nitrogen and oxygen atoms in total. The van der Waals surface area contributed by atoms with Crippen LogP contribution < -0.4 is 5.32 Å². The van der Waals surface area contributed by atoms with Crippen molar-refractivity contribution in [3.05, 3.63) is 49.3 Å². The number of hydrogen-bond donors (Lipinski definition) is 2. The molecule has 2 N–H and O–H groups in total. The molecule has 110 valence electrons. The highest BCUT2D eigenvalue weighted by Gasteiger charge is 2.21. The Hall–Kier alpha value is -1.37. The molecular formula is C14H11BrClNO3S. The molecule has 0 unspecified atom stereocenters. The zero-order valence-corrected chi connectivity index (χ0v) is 14.3. The number of aromatic carboxylic acids is 1. The predicted octanol–water partition coefficient (Wildman–Crippen LogP) is 4.73. The van der Waals surface area contributed by atoms with E-state index in [2.05, 4.69) is 21.2 Å². The topological polar surface area (TPSA) is 66.4 Å². The van der Waals surface area contributed by atoms with E-state index >= 15 is 0 Å². The van der Waals surface area contributed by atoms with Gasteiger partial charge in [0.2, 0.25) is 0 Å². The summed E-state index contributed by atoms with van der Waals surface area (Å²) in [5.74, 6) is -1.46. The number of carbonyl (C=O) groups is 2. The first-order valence-corrected chi connectivity index (χ1v) is 7.89. The van der Waals surface area contributed by atoms with Crippen LogP contribution in [0.1, 0.15) is 31.2 Å². The summed E-state index contributed by atoms with van der Waals surface area (Å²) in [5, 5.41) is 12.7. The van der Waals surface area contributed by atoms with Gasteiger partial charge in [0.25, 0.3) is 5.91 Å². The van der Waals surface area contributed by atoms with Gasteiger partial charge in [-0.3, -0.25) is 4.79 Å². The van der Waals surface area contributed by atoms with Crippen LogP contribution in [0.4, 0.5) is 5.00 Å². The van der Waals surface area contributed by atoms with Gasteiger partial charge >= 0.3 is 5.97 Å². The number of thiophene rings is 1. The van der Waals surface area contributed by atoms with Gasteiger partial charge in [-0.25, -0.2) is 4.79 Å². The van der Waals surface area contributed by atoms with Gasteiger partial charge in [-0.2, -0.15) is 0 Å². The Bertz CT molecular complexity index is 722. The summed E-state index contributed by atoms with van der Waals surface area (Å²) in [4.78, 5) is 24.4. The van der Waals surface area contributed by atoms with E-state index in [0.29, 0.717) is 25.6 Å². The van der Waals surface area contributed by atoms with Crippen molar-refractivity contribution in [2.45, 2.75) is 13.8 Å². The van der Waals surface area contributed by atoms with Crippen LogP contribution in [0.25, 0.3) is 0 Å². The van der Waals surface area contributed by atoms with Gasteiger partial charge in [0, 0.05) is 19.9 Å². The molecule has 7 heteroatoms. The van der Waals surface area contributed by atoms with E-state index in [9.17, 15) is 14.7 Å². The molecule has 0 fully saturated rings. The van der Waals surface area contributed by atoms with Crippen LogP contribution in [-0.4, -0.2) is 17.0 Å². The number of aryl methyl sites for hydroxylation is 1. The van der Waals surface area contributed by atoms with E-state index in [1.807, 2.05) is 6.92 Å². The molecule has 0 saturated heterocycles. The summed E-state index contributed by atoms with van der Waals surface area (Å²) in [5.41, 5.74) is 1.15. The second-order valence-electron chi connectivity index (χ2n) is 4.40. The quantitative estimate of drug-likeness (QED) is 0.798. The highest BCUT2D eigenvalue weighted by Crippen LogP contribution is 2.33. The molecule has 21 heavy (non-hydrogen) atoms. The van der Waals surface area contributed by atoms with Crippen LogP contribution in [0.3, 0.4) is 0 Å². The standard InChI is InChI=1S/C14H11BrClNO3S/c1-6-7(2)21-13(11(6)14(19)20)17-12(18)8-3-9(15)5-10(16)4-8/h3-5H,1-2H3,(H,17,18)(H,19,20). The summed E-state index contributed by atoms with van der Waals surface area (Å²) in [6.45, 7) is 3.54. The Morgan fingerprint density at radius 1 is 1.29 bits per heavy atom. The monoisotopic (exact) mass is 387 g/mol. The second-order valence-corrected chi connectivity index (χ2v) is 6.98. The van der Waals surface area contributed by atoms with Crippen molar-refractivity contribution in [2.75, 3.05) is 5.32 Å². The van der Waals surface area contributed by atoms with Crippen LogP contribution in [0.2, 0.25) is 5.02 Å². The number of hydrogen-bond acceptors (Lipinski definition) is 3. The number of carboxylic acid groups (broad SMARTS) is 1. The molecule has 1 heterocycles. The van der Waals surface area contributed by atoms with Gasteiger partial charge in [-0.15, -0.1) is 11.3 Å². The van der Waals surface area contributed by atoms with Gasteiger partial charge in [-0.05, 0) is 37.6 Å². The molecule has 0 bridgehead atoms. The molecule has 1 aromatic heterocycles. The van der Waals surface area contributed by atoms with Gasteiger partial charge in [0.15, 0.2) is 0 Å². The number of nitrogens with one attached hydrogen (secondary N) is 1. The van der Waals surface area contributed by atoms with E-state index in [1.165, 1.54) is 17.4 Å². The zero-order valence-electron chi connectivity index (χ0n) is 11.2. The van der Waals surface area contributed by atoms with Gasteiger partial charge < -0.3 is 10.4 Å². The van der Waals surface area contributed by atoms with Gasteiger partial charge in [0.1, 0.15) is 5.00 Å². The maximum atomic E-state index is 12.2. The number of anilines is 1. The minimum atomic E-state index is -1.06. The first kappa shape index (κ1) is 16.0. The summed E-state index contributed by atoms with van der Waals surface area (Å²) in [6.07, 6.45) is 0. The fourth-order valence-electron chi connectivity index (χ4n) is 1.83. The molecule has 1 amide bonds. The third kappa shape index (κ3) is 3.45. The Morgan fingerprint density at radius 2 is 1.95 bits per heavy atom. The van der Waals surface area contributed by atoms with Crippen LogP contribution in [0.5, 0.6) is 0 Å². The first-order chi connectivity index (χ1) is 9.79. The van der Waals surface area contributed by atoms with E-state index in [4.69, 9.17) is 11.6 Å². The molecule has 0 aliphatic rings. The zero-order chi connectivity index (χ0) is 15.7. The normalized spacial score (nSPS) is 10.5. The van der Waals surface area contributed by atoms with E-state index in [0.717, 1.165) is 4.88 Å². The van der Waals surface area contributed by atoms with Crippen molar-refractivity contribution >= 4 is 55.7 Å².